The molecular weight excluding hydrogens is 305 g/mol. The zero-order valence-electron chi connectivity index (χ0n) is 12.9. The zero-order valence-corrected chi connectivity index (χ0v) is 12.9. The summed E-state index contributed by atoms with van der Waals surface area (Å²) in [4.78, 5) is 14.4. The maximum Gasteiger partial charge on any atom is 0.396 e. The highest BCUT2D eigenvalue weighted by Gasteiger charge is 2.42. The first-order chi connectivity index (χ1) is 10.9. The minimum Gasteiger partial charge on any atom is -0.352 e. The number of nitrogens with one attached hydrogen (secondary N) is 1. The Morgan fingerprint density at radius 2 is 1.91 bits per heavy atom. The van der Waals surface area contributed by atoms with Gasteiger partial charge in [-0.05, 0) is 24.8 Å². The molecule has 1 aromatic carbocycles. The average Bonchev–Trinajstić information content (AvgIpc) is 3.25. The number of alkyl halides is 3. The summed E-state index contributed by atoms with van der Waals surface area (Å²) >= 11 is 0. The van der Waals surface area contributed by atoms with Gasteiger partial charge < -0.3 is 5.32 Å². The maximum atomic E-state index is 13.3. The Balaban J connectivity index is 1.58. The number of rotatable bonds is 5. The van der Waals surface area contributed by atoms with Crippen LogP contribution in [0.15, 0.2) is 30.3 Å². The standard InChI is InChI=1S/C17H21F3N2O/c18-17(19,20)15(12-4-2-1-3-5-12)10-16(23)21-13-8-9-22(11-13)14-6-7-14/h1-5,13-15H,6-11H2,(H,21,23). The summed E-state index contributed by atoms with van der Waals surface area (Å²) in [7, 11) is 0. The SMILES string of the molecule is O=C(CC(c1ccccc1)C(F)(F)F)NC1CCN(C2CC2)C1. The lowest BCUT2D eigenvalue weighted by atomic mass is 9.94. The molecule has 23 heavy (non-hydrogen) atoms. The third-order valence-electron chi connectivity index (χ3n) is 4.63. The van der Waals surface area contributed by atoms with E-state index in [9.17, 15) is 18.0 Å². The van der Waals surface area contributed by atoms with Crippen LogP contribution in [-0.2, 0) is 4.79 Å². The molecule has 1 saturated carbocycles. The second-order valence-electron chi connectivity index (χ2n) is 6.49. The summed E-state index contributed by atoms with van der Waals surface area (Å²) in [6, 6.07) is 8.26. The van der Waals surface area contributed by atoms with Crippen molar-refractivity contribution in [3.63, 3.8) is 0 Å². The van der Waals surface area contributed by atoms with Gasteiger partial charge in [0.05, 0.1) is 5.92 Å². The fourth-order valence-corrected chi connectivity index (χ4v) is 3.26. The van der Waals surface area contributed by atoms with E-state index in [2.05, 4.69) is 10.2 Å². The van der Waals surface area contributed by atoms with Crippen LogP contribution in [0.5, 0.6) is 0 Å². The molecule has 1 N–H and O–H groups in total. The summed E-state index contributed by atoms with van der Waals surface area (Å²) in [5.74, 6) is -2.26. The summed E-state index contributed by atoms with van der Waals surface area (Å²) in [6.07, 6.45) is -1.75. The van der Waals surface area contributed by atoms with E-state index >= 15 is 0 Å². The lowest BCUT2D eigenvalue weighted by molar-refractivity contribution is -0.157. The van der Waals surface area contributed by atoms with Gasteiger partial charge in [-0.2, -0.15) is 13.2 Å². The molecule has 2 atom stereocenters. The Labute approximate surface area is 133 Å². The monoisotopic (exact) mass is 326 g/mol. The molecule has 1 amide bonds. The Morgan fingerprint density at radius 1 is 1.22 bits per heavy atom. The number of amides is 1. The lowest BCUT2D eigenvalue weighted by Crippen LogP contribution is -2.39. The van der Waals surface area contributed by atoms with Crippen LogP contribution in [0.2, 0.25) is 0 Å². The molecule has 1 aliphatic heterocycles. The molecule has 0 bridgehead atoms. The van der Waals surface area contributed by atoms with Crippen molar-refractivity contribution in [2.45, 2.75) is 49.9 Å². The largest absolute Gasteiger partial charge is 0.396 e. The molecule has 2 fully saturated rings. The number of nitrogens with zero attached hydrogens (tertiary/aromatic N) is 1. The minimum atomic E-state index is -4.42. The van der Waals surface area contributed by atoms with Crippen molar-refractivity contribution in [2.24, 2.45) is 0 Å². The minimum absolute atomic E-state index is 0.0206. The van der Waals surface area contributed by atoms with E-state index in [1.807, 2.05) is 0 Å². The Hall–Kier alpha value is -1.56. The molecular formula is C17H21F3N2O. The van der Waals surface area contributed by atoms with Gasteiger partial charge in [-0.3, -0.25) is 9.69 Å². The number of halogens is 3. The van der Waals surface area contributed by atoms with E-state index in [1.54, 1.807) is 18.2 Å². The smallest absolute Gasteiger partial charge is 0.352 e. The van der Waals surface area contributed by atoms with Gasteiger partial charge in [-0.15, -0.1) is 0 Å². The van der Waals surface area contributed by atoms with Crippen LogP contribution >= 0.6 is 0 Å². The summed E-state index contributed by atoms with van der Waals surface area (Å²) in [5.41, 5.74) is 0.140. The number of carbonyl (C=O) groups excluding carboxylic acids is 1. The van der Waals surface area contributed by atoms with Crippen molar-refractivity contribution in [3.05, 3.63) is 35.9 Å². The molecule has 0 aromatic heterocycles. The number of carbonyl (C=O) groups is 1. The zero-order chi connectivity index (χ0) is 16.4. The first kappa shape index (κ1) is 16.3. The number of hydrogen-bond donors (Lipinski definition) is 1. The Kier molecular flexibility index (Phi) is 4.62. The normalized spacial score (nSPS) is 23.7. The van der Waals surface area contributed by atoms with Crippen molar-refractivity contribution >= 4 is 5.91 Å². The highest BCUT2D eigenvalue weighted by atomic mass is 19.4. The van der Waals surface area contributed by atoms with Crippen LogP contribution in [0.1, 0.15) is 37.2 Å². The summed E-state index contributed by atoms with van der Waals surface area (Å²) < 4.78 is 39.8. The predicted octanol–water partition coefficient (Wildman–Crippen LogP) is 3.08. The van der Waals surface area contributed by atoms with Crippen LogP contribution < -0.4 is 5.32 Å². The van der Waals surface area contributed by atoms with Crippen molar-refractivity contribution in [1.82, 2.24) is 10.2 Å². The molecule has 0 spiro atoms. The maximum absolute atomic E-state index is 13.3. The summed E-state index contributed by atoms with van der Waals surface area (Å²) in [5, 5.41) is 2.78. The van der Waals surface area contributed by atoms with E-state index in [0.717, 1.165) is 19.5 Å². The molecule has 1 saturated heterocycles. The fraction of sp³-hybridized carbons (Fsp3) is 0.588. The second kappa shape index (κ2) is 6.51. The Morgan fingerprint density at radius 3 is 2.52 bits per heavy atom. The van der Waals surface area contributed by atoms with Crippen molar-refractivity contribution < 1.29 is 18.0 Å². The number of benzene rings is 1. The van der Waals surface area contributed by atoms with Crippen molar-refractivity contribution in [3.8, 4) is 0 Å². The number of likely N-dealkylation sites (tertiary alicyclic amines) is 1. The Bertz CT molecular complexity index is 543. The first-order valence-corrected chi connectivity index (χ1v) is 8.08. The topological polar surface area (TPSA) is 32.3 Å². The first-order valence-electron chi connectivity index (χ1n) is 8.08. The summed E-state index contributed by atoms with van der Waals surface area (Å²) in [6.45, 7) is 1.69. The highest BCUT2D eigenvalue weighted by molar-refractivity contribution is 5.77. The van der Waals surface area contributed by atoms with Gasteiger partial charge in [-0.1, -0.05) is 30.3 Å². The fourth-order valence-electron chi connectivity index (χ4n) is 3.26. The molecule has 1 aliphatic carbocycles. The highest BCUT2D eigenvalue weighted by Crippen LogP contribution is 2.37. The van der Waals surface area contributed by atoms with E-state index < -0.39 is 24.4 Å². The second-order valence-corrected chi connectivity index (χ2v) is 6.49. The molecule has 6 heteroatoms. The van der Waals surface area contributed by atoms with Crippen LogP contribution in [0, 0.1) is 0 Å². The van der Waals surface area contributed by atoms with Crippen LogP contribution in [0.3, 0.4) is 0 Å². The molecule has 2 aliphatic rings. The lowest BCUT2D eigenvalue weighted by Gasteiger charge is -2.22. The van der Waals surface area contributed by atoms with Gasteiger partial charge in [0.25, 0.3) is 0 Å². The predicted molar refractivity (Wildman–Crippen MR) is 81.0 cm³/mol. The van der Waals surface area contributed by atoms with Crippen molar-refractivity contribution in [2.75, 3.05) is 13.1 Å². The average molecular weight is 326 g/mol. The number of hydrogen-bond acceptors (Lipinski definition) is 2. The molecule has 1 aromatic rings. The van der Waals surface area contributed by atoms with Gasteiger partial charge in [0, 0.05) is 31.6 Å². The molecule has 2 unspecified atom stereocenters. The third kappa shape index (κ3) is 4.25. The van der Waals surface area contributed by atoms with E-state index in [0.29, 0.717) is 6.04 Å². The molecule has 3 nitrogen and oxygen atoms in total. The van der Waals surface area contributed by atoms with E-state index in [4.69, 9.17) is 0 Å². The van der Waals surface area contributed by atoms with E-state index in [1.165, 1.54) is 25.0 Å². The van der Waals surface area contributed by atoms with Gasteiger partial charge in [-0.25, -0.2) is 0 Å². The molecule has 3 rings (SSSR count). The molecule has 0 radical (unpaired) electrons. The van der Waals surface area contributed by atoms with Gasteiger partial charge in [0.1, 0.15) is 0 Å². The molecule has 126 valence electrons. The van der Waals surface area contributed by atoms with Gasteiger partial charge >= 0.3 is 6.18 Å². The van der Waals surface area contributed by atoms with Gasteiger partial charge in [0.2, 0.25) is 5.91 Å². The van der Waals surface area contributed by atoms with Crippen LogP contribution in [0.4, 0.5) is 13.2 Å². The molecule has 1 heterocycles. The van der Waals surface area contributed by atoms with Crippen LogP contribution in [0.25, 0.3) is 0 Å². The van der Waals surface area contributed by atoms with E-state index in [-0.39, 0.29) is 11.6 Å². The quantitative estimate of drug-likeness (QED) is 0.902. The third-order valence-corrected chi connectivity index (χ3v) is 4.63. The van der Waals surface area contributed by atoms with Gasteiger partial charge in [0.15, 0.2) is 0 Å². The van der Waals surface area contributed by atoms with Crippen molar-refractivity contribution in [1.29, 1.82) is 0 Å². The van der Waals surface area contributed by atoms with Crippen LogP contribution in [-0.4, -0.2) is 42.2 Å².